The Balaban J connectivity index is 2.92. The highest BCUT2D eigenvalue weighted by Crippen LogP contribution is 2.28. The van der Waals surface area contributed by atoms with Crippen LogP contribution in [-0.4, -0.2) is 11.4 Å². The largest absolute Gasteiger partial charge is 0.465 e. The molecule has 0 aromatic heterocycles. The summed E-state index contributed by atoms with van der Waals surface area (Å²) in [5.41, 5.74) is 2.46. The third-order valence-electron chi connectivity index (χ3n) is 3.07. The molecule has 1 N–H and O–H groups in total. The van der Waals surface area contributed by atoms with E-state index in [1.54, 1.807) is 6.92 Å². The summed E-state index contributed by atoms with van der Waals surface area (Å²) in [6.45, 7) is 6.05. The van der Waals surface area contributed by atoms with Gasteiger partial charge in [-0.05, 0) is 43.7 Å². The first-order valence-corrected chi connectivity index (χ1v) is 7.14. The van der Waals surface area contributed by atoms with E-state index in [4.69, 9.17) is 4.74 Å². The molecule has 0 aliphatic heterocycles. The number of hydrogen-bond donors (Lipinski definition) is 1. The first-order valence-electron chi connectivity index (χ1n) is 7.14. The highest BCUT2D eigenvalue weighted by Gasteiger charge is 2.11. The van der Waals surface area contributed by atoms with E-state index in [-0.39, 0.29) is 0 Å². The van der Waals surface area contributed by atoms with Gasteiger partial charge < -0.3 is 9.84 Å². The first-order chi connectivity index (χ1) is 8.69. The Bertz CT molecular complexity index is 319. The minimum atomic E-state index is -0.742. The third kappa shape index (κ3) is 4.69. The van der Waals surface area contributed by atoms with Gasteiger partial charge in [0.1, 0.15) is 5.75 Å². The Morgan fingerprint density at radius 2 is 1.56 bits per heavy atom. The van der Waals surface area contributed by atoms with Crippen molar-refractivity contribution < 1.29 is 9.84 Å². The molecule has 0 spiro atoms. The number of ether oxygens (including phenoxy) is 1. The van der Waals surface area contributed by atoms with Crippen molar-refractivity contribution in [2.24, 2.45) is 0 Å². The molecule has 2 heteroatoms. The molecule has 1 atom stereocenters. The molecule has 0 bridgehead atoms. The summed E-state index contributed by atoms with van der Waals surface area (Å²) in [6.07, 6.45) is 5.98. The number of benzene rings is 1. The quantitative estimate of drug-likeness (QED) is 0.704. The Kier molecular flexibility index (Phi) is 6.81. The number of aliphatic hydroxyl groups excluding tert-OH is 1. The topological polar surface area (TPSA) is 29.5 Å². The van der Waals surface area contributed by atoms with Crippen LogP contribution in [0.5, 0.6) is 5.75 Å². The zero-order valence-electron chi connectivity index (χ0n) is 11.9. The van der Waals surface area contributed by atoms with Gasteiger partial charge in [-0.1, -0.05) is 44.9 Å². The lowest BCUT2D eigenvalue weighted by molar-refractivity contribution is -0.00174. The SMILES string of the molecule is CCCCc1cccc(CCCC)c1OC(C)O. The van der Waals surface area contributed by atoms with Gasteiger partial charge in [-0.25, -0.2) is 0 Å². The summed E-state index contributed by atoms with van der Waals surface area (Å²) in [5.74, 6) is 0.911. The minimum absolute atomic E-state index is 0.742. The van der Waals surface area contributed by atoms with Crippen molar-refractivity contribution in [3.63, 3.8) is 0 Å². The van der Waals surface area contributed by atoms with Crippen LogP contribution < -0.4 is 4.74 Å². The number of rotatable bonds is 8. The summed E-state index contributed by atoms with van der Waals surface area (Å²) >= 11 is 0. The average Bonchev–Trinajstić information content (AvgIpc) is 2.35. The van der Waals surface area contributed by atoms with Crippen LogP contribution in [0.1, 0.15) is 57.6 Å². The van der Waals surface area contributed by atoms with Crippen molar-refractivity contribution in [2.45, 2.75) is 65.6 Å². The lowest BCUT2D eigenvalue weighted by atomic mass is 10.0. The van der Waals surface area contributed by atoms with Crippen LogP contribution in [0, 0.1) is 0 Å². The van der Waals surface area contributed by atoms with E-state index < -0.39 is 6.29 Å². The van der Waals surface area contributed by atoms with Crippen molar-refractivity contribution in [1.29, 1.82) is 0 Å². The fraction of sp³-hybridized carbons (Fsp3) is 0.625. The molecule has 2 nitrogen and oxygen atoms in total. The zero-order valence-corrected chi connectivity index (χ0v) is 11.9. The van der Waals surface area contributed by atoms with E-state index >= 15 is 0 Å². The molecule has 1 rings (SSSR count). The summed E-state index contributed by atoms with van der Waals surface area (Å²) in [5, 5.41) is 9.48. The van der Waals surface area contributed by atoms with E-state index in [0.29, 0.717) is 0 Å². The van der Waals surface area contributed by atoms with Gasteiger partial charge in [-0.2, -0.15) is 0 Å². The Hall–Kier alpha value is -1.02. The molecular weight excluding hydrogens is 224 g/mol. The van der Waals surface area contributed by atoms with Crippen LogP contribution in [0.4, 0.5) is 0 Å². The van der Waals surface area contributed by atoms with E-state index in [1.165, 1.54) is 24.0 Å². The minimum Gasteiger partial charge on any atom is -0.465 e. The molecule has 0 aliphatic rings. The van der Waals surface area contributed by atoms with Crippen molar-refractivity contribution in [3.8, 4) is 5.75 Å². The van der Waals surface area contributed by atoms with Crippen LogP contribution in [-0.2, 0) is 12.8 Å². The van der Waals surface area contributed by atoms with E-state index in [0.717, 1.165) is 31.4 Å². The van der Waals surface area contributed by atoms with Crippen LogP contribution in [0.3, 0.4) is 0 Å². The molecule has 0 heterocycles. The highest BCUT2D eigenvalue weighted by atomic mass is 16.6. The second kappa shape index (κ2) is 8.15. The summed E-state index contributed by atoms with van der Waals surface area (Å²) in [6, 6.07) is 6.33. The fourth-order valence-corrected chi connectivity index (χ4v) is 2.09. The maximum absolute atomic E-state index is 9.48. The number of unbranched alkanes of at least 4 members (excludes halogenated alkanes) is 2. The van der Waals surface area contributed by atoms with Gasteiger partial charge in [0.25, 0.3) is 0 Å². The number of aliphatic hydroxyl groups is 1. The average molecular weight is 250 g/mol. The monoisotopic (exact) mass is 250 g/mol. The van der Waals surface area contributed by atoms with Crippen LogP contribution in [0.2, 0.25) is 0 Å². The highest BCUT2D eigenvalue weighted by molar-refractivity contribution is 5.42. The normalized spacial score (nSPS) is 12.4. The maximum Gasteiger partial charge on any atom is 0.194 e. The lowest BCUT2D eigenvalue weighted by Gasteiger charge is -2.17. The summed E-state index contributed by atoms with van der Waals surface area (Å²) < 4.78 is 5.63. The van der Waals surface area contributed by atoms with Crippen molar-refractivity contribution in [3.05, 3.63) is 29.3 Å². The molecule has 1 aromatic carbocycles. The summed E-state index contributed by atoms with van der Waals surface area (Å²) in [7, 11) is 0. The van der Waals surface area contributed by atoms with Gasteiger partial charge in [0, 0.05) is 0 Å². The predicted octanol–water partition coefficient (Wildman–Crippen LogP) is 4.09. The van der Waals surface area contributed by atoms with Crippen LogP contribution in [0.25, 0.3) is 0 Å². The van der Waals surface area contributed by atoms with Gasteiger partial charge in [0.15, 0.2) is 6.29 Å². The Labute approximate surface area is 111 Å². The van der Waals surface area contributed by atoms with Gasteiger partial charge in [0.2, 0.25) is 0 Å². The van der Waals surface area contributed by atoms with Crippen LogP contribution in [0.15, 0.2) is 18.2 Å². The summed E-state index contributed by atoms with van der Waals surface area (Å²) in [4.78, 5) is 0. The van der Waals surface area contributed by atoms with E-state index in [2.05, 4.69) is 32.0 Å². The van der Waals surface area contributed by atoms with E-state index in [1.807, 2.05) is 0 Å². The molecule has 0 radical (unpaired) electrons. The lowest BCUT2D eigenvalue weighted by Crippen LogP contribution is -2.13. The molecule has 0 saturated carbocycles. The Morgan fingerprint density at radius 1 is 1.06 bits per heavy atom. The van der Waals surface area contributed by atoms with Crippen molar-refractivity contribution in [1.82, 2.24) is 0 Å². The van der Waals surface area contributed by atoms with Crippen molar-refractivity contribution in [2.75, 3.05) is 0 Å². The molecule has 102 valence electrons. The molecule has 1 aromatic rings. The molecule has 18 heavy (non-hydrogen) atoms. The molecule has 0 saturated heterocycles. The van der Waals surface area contributed by atoms with Gasteiger partial charge >= 0.3 is 0 Å². The standard InChI is InChI=1S/C16H26O2/c1-4-6-9-14-11-8-12-15(10-7-5-2)16(14)18-13(3)17/h8,11-13,17H,4-7,9-10H2,1-3H3. The number of hydrogen-bond acceptors (Lipinski definition) is 2. The maximum atomic E-state index is 9.48. The number of aryl methyl sites for hydroxylation is 2. The van der Waals surface area contributed by atoms with Gasteiger partial charge in [-0.3, -0.25) is 0 Å². The van der Waals surface area contributed by atoms with E-state index in [9.17, 15) is 5.11 Å². The third-order valence-corrected chi connectivity index (χ3v) is 3.07. The molecule has 1 unspecified atom stereocenters. The molecule has 0 fully saturated rings. The fourth-order valence-electron chi connectivity index (χ4n) is 2.09. The molecule has 0 aliphatic carbocycles. The van der Waals surface area contributed by atoms with Crippen LogP contribution >= 0.6 is 0 Å². The van der Waals surface area contributed by atoms with Crippen molar-refractivity contribution >= 4 is 0 Å². The smallest absolute Gasteiger partial charge is 0.194 e. The second-order valence-electron chi connectivity index (χ2n) is 4.83. The second-order valence-corrected chi connectivity index (χ2v) is 4.83. The number of para-hydroxylation sites is 1. The predicted molar refractivity (Wildman–Crippen MR) is 76.0 cm³/mol. The molecular formula is C16H26O2. The molecule has 0 amide bonds. The van der Waals surface area contributed by atoms with Gasteiger partial charge in [0.05, 0.1) is 0 Å². The first kappa shape index (κ1) is 15.0. The van der Waals surface area contributed by atoms with Gasteiger partial charge in [-0.15, -0.1) is 0 Å². The zero-order chi connectivity index (χ0) is 13.4. The Morgan fingerprint density at radius 3 is 1.94 bits per heavy atom.